The van der Waals surface area contributed by atoms with Gasteiger partial charge in [-0.05, 0) is 42.8 Å². The van der Waals surface area contributed by atoms with E-state index in [9.17, 15) is 9.59 Å². The molecule has 0 saturated carbocycles. The molecule has 34 heavy (non-hydrogen) atoms. The summed E-state index contributed by atoms with van der Waals surface area (Å²) in [7, 11) is 1.53. The van der Waals surface area contributed by atoms with E-state index in [1.807, 2.05) is 36.4 Å². The van der Waals surface area contributed by atoms with Gasteiger partial charge in [0.2, 0.25) is 0 Å². The van der Waals surface area contributed by atoms with Crippen molar-refractivity contribution in [1.29, 1.82) is 0 Å². The van der Waals surface area contributed by atoms with Crippen molar-refractivity contribution in [2.24, 2.45) is 0 Å². The number of allylic oxidation sites excluding steroid dienone is 1. The highest BCUT2D eigenvalue weighted by molar-refractivity contribution is 6.31. The number of rotatable bonds is 7. The molecule has 8 heteroatoms. The van der Waals surface area contributed by atoms with E-state index < -0.39 is 12.1 Å². The number of hydrogen-bond acceptors (Lipinski definition) is 4. The van der Waals surface area contributed by atoms with Crippen LogP contribution in [0.15, 0.2) is 84.1 Å². The summed E-state index contributed by atoms with van der Waals surface area (Å²) in [5.41, 5.74) is 3.05. The molecular formula is C26H24ClN3O4. The van der Waals surface area contributed by atoms with Crippen LogP contribution in [0.25, 0.3) is 0 Å². The van der Waals surface area contributed by atoms with E-state index in [0.29, 0.717) is 39.0 Å². The first kappa shape index (κ1) is 23.2. The van der Waals surface area contributed by atoms with Gasteiger partial charge in [-0.2, -0.15) is 0 Å². The van der Waals surface area contributed by atoms with Crippen molar-refractivity contribution in [2.45, 2.75) is 19.6 Å². The molecule has 0 bridgehead atoms. The summed E-state index contributed by atoms with van der Waals surface area (Å²) in [4.78, 5) is 25.4. The van der Waals surface area contributed by atoms with Gasteiger partial charge in [0, 0.05) is 22.0 Å². The molecule has 0 saturated heterocycles. The van der Waals surface area contributed by atoms with Crippen LogP contribution in [0.2, 0.25) is 5.02 Å². The Balaban J connectivity index is 1.60. The van der Waals surface area contributed by atoms with Crippen LogP contribution >= 0.6 is 11.6 Å². The lowest BCUT2D eigenvalue weighted by atomic mass is 9.94. The zero-order valence-electron chi connectivity index (χ0n) is 18.7. The van der Waals surface area contributed by atoms with Gasteiger partial charge in [-0.25, -0.2) is 4.79 Å². The van der Waals surface area contributed by atoms with Gasteiger partial charge in [-0.1, -0.05) is 54.1 Å². The Morgan fingerprint density at radius 3 is 2.50 bits per heavy atom. The molecule has 3 amide bonds. The molecule has 3 aromatic rings. The second kappa shape index (κ2) is 10.3. The monoisotopic (exact) mass is 477 g/mol. The minimum Gasteiger partial charge on any atom is -0.493 e. The van der Waals surface area contributed by atoms with Crippen molar-refractivity contribution in [3.63, 3.8) is 0 Å². The number of para-hydroxylation sites is 1. The fraction of sp³-hybridized carbons (Fsp3) is 0.154. The average Bonchev–Trinajstić information content (AvgIpc) is 2.83. The maximum absolute atomic E-state index is 13.2. The lowest BCUT2D eigenvalue weighted by Crippen LogP contribution is -2.45. The molecule has 0 aliphatic carbocycles. The number of benzene rings is 3. The van der Waals surface area contributed by atoms with Crippen LogP contribution in [0.5, 0.6) is 11.5 Å². The van der Waals surface area contributed by atoms with Gasteiger partial charge in [0.15, 0.2) is 11.5 Å². The molecule has 3 aromatic carbocycles. The van der Waals surface area contributed by atoms with Gasteiger partial charge < -0.3 is 25.4 Å². The quantitative estimate of drug-likeness (QED) is 0.436. The maximum Gasteiger partial charge on any atom is 0.319 e. The first-order chi connectivity index (χ1) is 16.5. The predicted molar refractivity (Wildman–Crippen MR) is 131 cm³/mol. The molecule has 0 aromatic heterocycles. The number of anilines is 1. The molecule has 3 N–H and O–H groups in total. The van der Waals surface area contributed by atoms with Crippen molar-refractivity contribution in [2.75, 3.05) is 12.4 Å². The lowest BCUT2D eigenvalue weighted by molar-refractivity contribution is -0.113. The fourth-order valence-electron chi connectivity index (χ4n) is 3.72. The predicted octanol–water partition coefficient (Wildman–Crippen LogP) is 5.19. The normalized spacial score (nSPS) is 15.3. The lowest BCUT2D eigenvalue weighted by Gasteiger charge is -2.29. The average molecular weight is 478 g/mol. The van der Waals surface area contributed by atoms with E-state index in [0.717, 1.165) is 5.56 Å². The molecule has 0 radical (unpaired) electrons. The Kier molecular flexibility index (Phi) is 7.04. The van der Waals surface area contributed by atoms with Crippen LogP contribution < -0.4 is 25.4 Å². The van der Waals surface area contributed by atoms with Gasteiger partial charge in [0.05, 0.1) is 18.7 Å². The standard InChI is InChI=1S/C26H24ClN3O4/c1-16-23(25(31)29-19-9-4-3-5-10-19)24(30-26(32)28-16)17-12-13-21(22(14-17)33-2)34-15-18-8-6-7-11-20(18)27/h3-14,24H,15H2,1-2H3,(H,29,31)(H2,28,30,32). The van der Waals surface area contributed by atoms with Gasteiger partial charge in [0.1, 0.15) is 6.61 Å². The van der Waals surface area contributed by atoms with E-state index in [4.69, 9.17) is 21.1 Å². The number of carbonyl (C=O) groups excluding carboxylic acids is 2. The summed E-state index contributed by atoms with van der Waals surface area (Å²) >= 11 is 6.22. The highest BCUT2D eigenvalue weighted by Gasteiger charge is 2.31. The molecule has 1 aliphatic heterocycles. The molecule has 1 heterocycles. The summed E-state index contributed by atoms with van der Waals surface area (Å²) in [6, 6.07) is 20.8. The number of carbonyl (C=O) groups is 2. The van der Waals surface area contributed by atoms with E-state index in [1.165, 1.54) is 7.11 Å². The maximum atomic E-state index is 13.2. The largest absolute Gasteiger partial charge is 0.493 e. The van der Waals surface area contributed by atoms with Crippen molar-refractivity contribution in [3.05, 3.63) is 100 Å². The smallest absolute Gasteiger partial charge is 0.319 e. The topological polar surface area (TPSA) is 88.7 Å². The Bertz CT molecular complexity index is 1240. The van der Waals surface area contributed by atoms with E-state index in [2.05, 4.69) is 16.0 Å². The van der Waals surface area contributed by atoms with Crippen LogP contribution in [0.1, 0.15) is 24.1 Å². The molecule has 1 atom stereocenters. The molecule has 0 fully saturated rings. The van der Waals surface area contributed by atoms with E-state index in [1.54, 1.807) is 43.3 Å². The van der Waals surface area contributed by atoms with Crippen molar-refractivity contribution in [3.8, 4) is 11.5 Å². The second-order valence-corrected chi connectivity index (χ2v) is 8.09. The Hall–Kier alpha value is -3.97. The summed E-state index contributed by atoms with van der Waals surface area (Å²) < 4.78 is 11.5. The summed E-state index contributed by atoms with van der Waals surface area (Å²) in [5, 5.41) is 9.01. The Morgan fingerprint density at radius 1 is 1.03 bits per heavy atom. The molecule has 0 spiro atoms. The second-order valence-electron chi connectivity index (χ2n) is 7.68. The third kappa shape index (κ3) is 5.15. The SMILES string of the molecule is COc1cc(C2NC(=O)NC(C)=C2C(=O)Nc2ccccc2)ccc1OCc1ccccc1Cl. The van der Waals surface area contributed by atoms with Crippen LogP contribution in [0, 0.1) is 0 Å². The number of amides is 3. The summed E-state index contributed by atoms with van der Waals surface area (Å²) in [6.45, 7) is 1.97. The fourth-order valence-corrected chi connectivity index (χ4v) is 3.91. The molecule has 1 unspecified atom stereocenters. The zero-order chi connectivity index (χ0) is 24.1. The van der Waals surface area contributed by atoms with Gasteiger partial charge in [-0.15, -0.1) is 0 Å². The number of hydrogen-bond donors (Lipinski definition) is 3. The van der Waals surface area contributed by atoms with Crippen LogP contribution in [0.4, 0.5) is 10.5 Å². The van der Waals surface area contributed by atoms with Crippen molar-refractivity contribution < 1.29 is 19.1 Å². The zero-order valence-corrected chi connectivity index (χ0v) is 19.5. The highest BCUT2D eigenvalue weighted by atomic mass is 35.5. The number of methoxy groups -OCH3 is 1. The highest BCUT2D eigenvalue weighted by Crippen LogP contribution is 2.35. The first-order valence-corrected chi connectivity index (χ1v) is 11.0. The van der Waals surface area contributed by atoms with Crippen molar-refractivity contribution >= 4 is 29.2 Å². The molecule has 1 aliphatic rings. The Labute approximate surface area is 202 Å². The Morgan fingerprint density at radius 2 is 1.76 bits per heavy atom. The van der Waals surface area contributed by atoms with Crippen LogP contribution in [0.3, 0.4) is 0 Å². The van der Waals surface area contributed by atoms with Gasteiger partial charge in [0.25, 0.3) is 5.91 Å². The minimum atomic E-state index is -0.677. The van der Waals surface area contributed by atoms with Crippen molar-refractivity contribution in [1.82, 2.24) is 10.6 Å². The van der Waals surface area contributed by atoms with E-state index in [-0.39, 0.29) is 12.5 Å². The van der Waals surface area contributed by atoms with Crippen LogP contribution in [-0.4, -0.2) is 19.0 Å². The molecular weight excluding hydrogens is 454 g/mol. The van der Waals surface area contributed by atoms with Gasteiger partial charge in [-0.3, -0.25) is 4.79 Å². The molecule has 174 valence electrons. The summed E-state index contributed by atoms with van der Waals surface area (Å²) in [6.07, 6.45) is 0. The molecule has 4 rings (SSSR count). The first-order valence-electron chi connectivity index (χ1n) is 10.6. The number of urea groups is 1. The number of halogens is 1. The number of ether oxygens (including phenoxy) is 2. The van der Waals surface area contributed by atoms with Crippen LogP contribution in [-0.2, 0) is 11.4 Å². The minimum absolute atomic E-state index is 0.267. The van der Waals surface area contributed by atoms with Gasteiger partial charge >= 0.3 is 6.03 Å². The summed E-state index contributed by atoms with van der Waals surface area (Å²) in [5.74, 6) is 0.666. The number of nitrogens with one attached hydrogen (secondary N) is 3. The third-order valence-electron chi connectivity index (χ3n) is 5.41. The van der Waals surface area contributed by atoms with E-state index >= 15 is 0 Å². The third-order valence-corrected chi connectivity index (χ3v) is 5.78. The molecule has 7 nitrogen and oxygen atoms in total.